The minimum atomic E-state index is -0.486. The Morgan fingerprint density at radius 3 is 3.06 bits per heavy atom. The number of nitrogens with one attached hydrogen (secondary N) is 1. The number of H-pyrrole nitrogens is 1. The summed E-state index contributed by atoms with van der Waals surface area (Å²) >= 11 is 1.45. The highest BCUT2D eigenvalue weighted by atomic mass is 32.2. The van der Waals surface area contributed by atoms with Gasteiger partial charge in [0.2, 0.25) is 0 Å². The first-order valence-corrected chi connectivity index (χ1v) is 5.90. The predicted molar refractivity (Wildman–Crippen MR) is 58.5 cm³/mol. The van der Waals surface area contributed by atoms with E-state index in [4.69, 9.17) is 9.84 Å². The third-order valence-electron chi connectivity index (χ3n) is 2.38. The second kappa shape index (κ2) is 4.86. The molecule has 1 aromatic heterocycles. The number of hydrogen-bond acceptors (Lipinski definition) is 5. The molecule has 0 unspecified atom stereocenters. The van der Waals surface area contributed by atoms with Crippen molar-refractivity contribution in [2.75, 3.05) is 12.5 Å². The number of hydrogen-bond donors (Lipinski definition) is 2. The molecular weight excluding hydrogens is 232 g/mol. The lowest BCUT2D eigenvalue weighted by Crippen LogP contribution is -2.35. The summed E-state index contributed by atoms with van der Waals surface area (Å²) in [4.78, 5) is 25.9. The van der Waals surface area contributed by atoms with Crippen molar-refractivity contribution < 1.29 is 9.84 Å². The standard InChI is InChI=1S/C9H12N2O4S/c12-5-15-4-11-6-2-1-3-16-7(6)8(13)10-9(11)14/h12H,1-5H2,(H,10,13,14). The van der Waals surface area contributed by atoms with Crippen molar-refractivity contribution in [3.63, 3.8) is 0 Å². The summed E-state index contributed by atoms with van der Waals surface area (Å²) in [6.45, 7) is -0.484. The van der Waals surface area contributed by atoms with Gasteiger partial charge in [-0.1, -0.05) is 0 Å². The molecule has 2 heterocycles. The number of thioether (sulfide) groups is 1. The highest BCUT2D eigenvalue weighted by Gasteiger charge is 2.18. The SMILES string of the molecule is O=c1[nH]c(=O)n(COCO)c2c1SCCC2. The number of aliphatic hydroxyl groups excluding tert-OH is 1. The third kappa shape index (κ3) is 2.06. The summed E-state index contributed by atoms with van der Waals surface area (Å²) < 4.78 is 6.15. The largest absolute Gasteiger partial charge is 0.371 e. The Morgan fingerprint density at radius 1 is 1.50 bits per heavy atom. The van der Waals surface area contributed by atoms with Gasteiger partial charge in [-0.3, -0.25) is 14.3 Å². The van der Waals surface area contributed by atoms with E-state index in [1.807, 2.05) is 0 Å². The van der Waals surface area contributed by atoms with E-state index in [-0.39, 0.29) is 12.3 Å². The minimum Gasteiger partial charge on any atom is -0.371 e. The molecule has 0 spiro atoms. The Kier molecular flexibility index (Phi) is 3.47. The Hall–Kier alpha value is -1.05. The fourth-order valence-corrected chi connectivity index (χ4v) is 2.73. The van der Waals surface area contributed by atoms with E-state index in [1.165, 1.54) is 16.3 Å². The van der Waals surface area contributed by atoms with Crippen LogP contribution < -0.4 is 11.2 Å². The molecule has 7 heteroatoms. The van der Waals surface area contributed by atoms with E-state index in [9.17, 15) is 9.59 Å². The van der Waals surface area contributed by atoms with E-state index in [1.54, 1.807) is 0 Å². The van der Waals surface area contributed by atoms with Crippen LogP contribution in [0.25, 0.3) is 0 Å². The maximum absolute atomic E-state index is 11.6. The fourth-order valence-electron chi connectivity index (χ4n) is 1.68. The fraction of sp³-hybridized carbons (Fsp3) is 0.556. The zero-order valence-corrected chi connectivity index (χ0v) is 9.38. The van der Waals surface area contributed by atoms with Gasteiger partial charge in [-0.05, 0) is 18.6 Å². The number of rotatable bonds is 3. The molecule has 0 atom stereocenters. The third-order valence-corrected chi connectivity index (χ3v) is 3.58. The highest BCUT2D eigenvalue weighted by Crippen LogP contribution is 2.25. The number of aromatic nitrogens is 2. The van der Waals surface area contributed by atoms with Crippen LogP contribution >= 0.6 is 11.8 Å². The van der Waals surface area contributed by atoms with Crippen LogP contribution in [-0.4, -0.2) is 27.2 Å². The molecule has 0 saturated carbocycles. The lowest BCUT2D eigenvalue weighted by molar-refractivity contribution is -0.0382. The first-order chi connectivity index (χ1) is 7.74. The van der Waals surface area contributed by atoms with Gasteiger partial charge in [-0.2, -0.15) is 0 Å². The van der Waals surface area contributed by atoms with Gasteiger partial charge in [0.25, 0.3) is 5.56 Å². The Bertz CT molecular complexity index is 493. The number of ether oxygens (including phenoxy) is 1. The molecule has 0 saturated heterocycles. The maximum atomic E-state index is 11.6. The Balaban J connectivity index is 2.50. The highest BCUT2D eigenvalue weighted by molar-refractivity contribution is 7.99. The van der Waals surface area contributed by atoms with E-state index in [2.05, 4.69) is 4.98 Å². The molecule has 0 aliphatic carbocycles. The van der Waals surface area contributed by atoms with Gasteiger partial charge in [0.1, 0.15) is 13.5 Å². The van der Waals surface area contributed by atoms with E-state index >= 15 is 0 Å². The molecule has 88 valence electrons. The van der Waals surface area contributed by atoms with Gasteiger partial charge in [0.05, 0.1) is 4.90 Å². The normalized spacial score (nSPS) is 14.8. The van der Waals surface area contributed by atoms with Crippen LogP contribution in [0.2, 0.25) is 0 Å². The molecule has 0 fully saturated rings. The summed E-state index contributed by atoms with van der Waals surface area (Å²) in [5.74, 6) is 0.884. The lowest BCUT2D eigenvalue weighted by atomic mass is 10.2. The van der Waals surface area contributed by atoms with Crippen molar-refractivity contribution in [3.8, 4) is 0 Å². The number of fused-ring (bicyclic) bond motifs is 1. The summed E-state index contributed by atoms with van der Waals surface area (Å²) in [5.41, 5.74) is -0.108. The first kappa shape index (κ1) is 11.4. The quantitative estimate of drug-likeness (QED) is 0.700. The van der Waals surface area contributed by atoms with Crippen molar-refractivity contribution >= 4 is 11.8 Å². The van der Waals surface area contributed by atoms with Gasteiger partial charge in [0.15, 0.2) is 0 Å². The van der Waals surface area contributed by atoms with Crippen molar-refractivity contribution in [1.29, 1.82) is 0 Å². The predicted octanol–water partition coefficient (Wildman–Crippen LogP) is -0.501. The van der Waals surface area contributed by atoms with Crippen LogP contribution in [0.1, 0.15) is 12.1 Å². The monoisotopic (exact) mass is 244 g/mol. The van der Waals surface area contributed by atoms with E-state index in [0.717, 1.165) is 12.2 Å². The topological polar surface area (TPSA) is 84.3 Å². The second-order valence-electron chi connectivity index (χ2n) is 3.38. The van der Waals surface area contributed by atoms with Gasteiger partial charge in [-0.15, -0.1) is 11.8 Å². The van der Waals surface area contributed by atoms with Crippen molar-refractivity contribution in [2.24, 2.45) is 0 Å². The van der Waals surface area contributed by atoms with Crippen LogP contribution in [0.4, 0.5) is 0 Å². The number of aliphatic hydroxyl groups is 1. The van der Waals surface area contributed by atoms with Crippen LogP contribution in [0.3, 0.4) is 0 Å². The van der Waals surface area contributed by atoms with Crippen LogP contribution in [0.15, 0.2) is 14.5 Å². The average molecular weight is 244 g/mol. The molecule has 2 rings (SSSR count). The van der Waals surface area contributed by atoms with Gasteiger partial charge in [-0.25, -0.2) is 4.79 Å². The van der Waals surface area contributed by atoms with E-state index in [0.29, 0.717) is 17.0 Å². The lowest BCUT2D eigenvalue weighted by Gasteiger charge is -2.18. The van der Waals surface area contributed by atoms with Gasteiger partial charge < -0.3 is 9.84 Å². The van der Waals surface area contributed by atoms with Gasteiger partial charge in [0, 0.05) is 5.69 Å². The molecule has 0 bridgehead atoms. The van der Waals surface area contributed by atoms with Crippen LogP contribution in [0, 0.1) is 0 Å². The molecule has 1 aliphatic rings. The minimum absolute atomic E-state index is 0.0327. The van der Waals surface area contributed by atoms with Crippen LogP contribution in [-0.2, 0) is 17.9 Å². The smallest absolute Gasteiger partial charge is 0.330 e. The molecule has 0 amide bonds. The molecule has 16 heavy (non-hydrogen) atoms. The Morgan fingerprint density at radius 2 is 2.31 bits per heavy atom. The summed E-state index contributed by atoms with van der Waals surface area (Å²) in [6.07, 6.45) is 1.62. The number of aromatic amines is 1. The molecule has 0 radical (unpaired) electrons. The zero-order chi connectivity index (χ0) is 11.5. The zero-order valence-electron chi connectivity index (χ0n) is 8.56. The summed E-state index contributed by atoms with van der Waals surface area (Å²) in [6, 6.07) is 0. The second-order valence-corrected chi connectivity index (χ2v) is 4.48. The summed E-state index contributed by atoms with van der Waals surface area (Å²) in [7, 11) is 0. The number of nitrogens with zero attached hydrogens (tertiary/aromatic N) is 1. The van der Waals surface area contributed by atoms with Crippen molar-refractivity contribution in [2.45, 2.75) is 24.5 Å². The van der Waals surface area contributed by atoms with Crippen LogP contribution in [0.5, 0.6) is 0 Å². The molecular formula is C9H12N2O4S. The van der Waals surface area contributed by atoms with Crippen molar-refractivity contribution in [3.05, 3.63) is 26.5 Å². The van der Waals surface area contributed by atoms with E-state index < -0.39 is 12.5 Å². The van der Waals surface area contributed by atoms with Crippen molar-refractivity contribution in [1.82, 2.24) is 9.55 Å². The van der Waals surface area contributed by atoms with Gasteiger partial charge >= 0.3 is 5.69 Å². The average Bonchev–Trinajstić information content (AvgIpc) is 2.29. The molecule has 6 nitrogen and oxygen atoms in total. The Labute approximate surface area is 95.3 Å². The molecule has 2 N–H and O–H groups in total. The molecule has 1 aliphatic heterocycles. The summed E-state index contributed by atoms with van der Waals surface area (Å²) in [5, 5.41) is 8.56. The molecule has 1 aromatic rings. The first-order valence-electron chi connectivity index (χ1n) is 4.91. The molecule has 0 aromatic carbocycles. The maximum Gasteiger partial charge on any atom is 0.330 e.